The zero-order valence-electron chi connectivity index (χ0n) is 23.6. The van der Waals surface area contributed by atoms with Crippen LogP contribution in [0.15, 0.2) is 30.3 Å². The molecule has 1 aromatic carbocycles. The Morgan fingerprint density at radius 2 is 1.61 bits per heavy atom. The highest BCUT2D eigenvalue weighted by atomic mass is 16.5. The summed E-state index contributed by atoms with van der Waals surface area (Å²) in [6.45, 7) is 8.62. The molecular weight excluding hydrogens is 478 g/mol. The number of ether oxygens (including phenoxy) is 1. The summed E-state index contributed by atoms with van der Waals surface area (Å²) in [6, 6.07) is 7.52. The van der Waals surface area contributed by atoms with Crippen molar-refractivity contribution in [3.8, 4) is 0 Å². The van der Waals surface area contributed by atoms with Gasteiger partial charge in [0, 0.05) is 29.9 Å². The van der Waals surface area contributed by atoms with Gasteiger partial charge >= 0.3 is 5.97 Å². The fraction of sp³-hybridized carbons (Fsp3) is 0.531. The van der Waals surface area contributed by atoms with Crippen molar-refractivity contribution in [2.24, 2.45) is 0 Å². The Morgan fingerprint density at radius 3 is 2.24 bits per heavy atom. The third kappa shape index (κ3) is 9.96. The normalized spacial score (nSPS) is 11.3. The zero-order chi connectivity index (χ0) is 27.9. The molecule has 6 nitrogen and oxygen atoms in total. The fourth-order valence-corrected chi connectivity index (χ4v) is 5.02. The van der Waals surface area contributed by atoms with Crippen LogP contribution in [-0.2, 0) is 27.3 Å². The molecule has 1 heterocycles. The molecule has 0 fully saturated rings. The number of aliphatic carboxylic acids is 1. The number of rotatable bonds is 18. The highest BCUT2D eigenvalue weighted by Crippen LogP contribution is 2.27. The molecule has 0 aliphatic rings. The van der Waals surface area contributed by atoms with Gasteiger partial charge in [0.15, 0.2) is 5.78 Å². The molecule has 2 rings (SSSR count). The molecule has 0 radical (unpaired) electrons. The summed E-state index contributed by atoms with van der Waals surface area (Å²) >= 11 is 0. The minimum atomic E-state index is -1.25. The van der Waals surface area contributed by atoms with E-state index in [1.165, 1.54) is 44.6 Å². The second-order valence-corrected chi connectivity index (χ2v) is 10.00. The second kappa shape index (κ2) is 16.6. The highest BCUT2D eigenvalue weighted by Gasteiger charge is 2.24. The van der Waals surface area contributed by atoms with Gasteiger partial charge in [0.25, 0.3) is 0 Å². The molecule has 0 unspecified atom stereocenters. The minimum Gasteiger partial charge on any atom is -0.545 e. The van der Waals surface area contributed by atoms with Crippen LogP contribution in [0.5, 0.6) is 0 Å². The molecule has 0 saturated carbocycles. The van der Waals surface area contributed by atoms with E-state index >= 15 is 0 Å². The van der Waals surface area contributed by atoms with E-state index in [-0.39, 0.29) is 18.2 Å². The Bertz CT molecular complexity index is 1100. The third-order valence-corrected chi connectivity index (χ3v) is 7.01. The summed E-state index contributed by atoms with van der Waals surface area (Å²) in [7, 11) is 0. The summed E-state index contributed by atoms with van der Waals surface area (Å²) in [4.78, 5) is 36.5. The van der Waals surface area contributed by atoms with Gasteiger partial charge in [-0.2, -0.15) is 0 Å². The lowest BCUT2D eigenvalue weighted by atomic mass is 9.99. The quantitative estimate of drug-likeness (QED) is 0.102. The van der Waals surface area contributed by atoms with E-state index in [9.17, 15) is 19.5 Å². The number of aromatic nitrogens is 1. The van der Waals surface area contributed by atoms with E-state index in [0.717, 1.165) is 53.4 Å². The van der Waals surface area contributed by atoms with Gasteiger partial charge in [-0.15, -0.1) is 0 Å². The Kier molecular flexibility index (Phi) is 13.6. The Balaban J connectivity index is 2.17. The summed E-state index contributed by atoms with van der Waals surface area (Å²) < 4.78 is 7.24. The Hall–Kier alpha value is -3.15. The number of esters is 1. The van der Waals surface area contributed by atoms with Crippen molar-refractivity contribution >= 4 is 23.8 Å². The van der Waals surface area contributed by atoms with Gasteiger partial charge < -0.3 is 19.2 Å². The zero-order valence-corrected chi connectivity index (χ0v) is 23.6. The molecule has 0 N–H and O–H groups in total. The molecule has 0 aliphatic carbocycles. The van der Waals surface area contributed by atoms with Crippen LogP contribution in [0.4, 0.5) is 0 Å². The highest BCUT2D eigenvalue weighted by molar-refractivity contribution is 5.99. The predicted molar refractivity (Wildman–Crippen MR) is 150 cm³/mol. The number of hydrogen-bond acceptors (Lipinski definition) is 5. The monoisotopic (exact) mass is 522 g/mol. The first-order chi connectivity index (χ1) is 18.3. The molecule has 0 saturated heterocycles. The fourth-order valence-electron chi connectivity index (χ4n) is 5.02. The Morgan fingerprint density at radius 1 is 0.947 bits per heavy atom. The number of Topliss-reactive ketones (excluding diaryl/α,β-unsaturated/α-hetero) is 1. The number of nitrogens with zero attached hydrogens (tertiary/aromatic N) is 1. The van der Waals surface area contributed by atoms with Crippen LogP contribution in [0.2, 0.25) is 0 Å². The van der Waals surface area contributed by atoms with Crippen molar-refractivity contribution in [1.29, 1.82) is 0 Å². The minimum absolute atomic E-state index is 0.0934. The largest absolute Gasteiger partial charge is 0.545 e. The van der Waals surface area contributed by atoms with Gasteiger partial charge in [-0.1, -0.05) is 82.6 Å². The maximum Gasteiger partial charge on any atom is 0.311 e. The molecule has 0 spiro atoms. The number of ketones is 1. The smallest absolute Gasteiger partial charge is 0.311 e. The van der Waals surface area contributed by atoms with Gasteiger partial charge in [-0.25, -0.2) is 0 Å². The lowest BCUT2D eigenvalue weighted by molar-refractivity contribution is -0.297. The first-order valence-electron chi connectivity index (χ1n) is 14.1. The van der Waals surface area contributed by atoms with Crippen molar-refractivity contribution in [1.82, 2.24) is 4.57 Å². The number of unbranched alkanes of at least 4 members (excludes halogenated alkanes) is 8. The SMILES string of the molecule is CCCCCCCCCCCC(=O)c1c(C)c(CC(=O)OCC)n(Cc2cccc(/C=C/C(=O)[O-])c2)c1C. The summed E-state index contributed by atoms with van der Waals surface area (Å²) in [5.41, 5.74) is 4.85. The maximum absolute atomic E-state index is 13.3. The first-order valence-corrected chi connectivity index (χ1v) is 14.1. The van der Waals surface area contributed by atoms with Gasteiger partial charge in [-0.05, 0) is 56.0 Å². The van der Waals surface area contributed by atoms with E-state index in [1.807, 2.05) is 42.7 Å². The average molecular weight is 523 g/mol. The number of benzene rings is 1. The van der Waals surface area contributed by atoms with Crippen molar-refractivity contribution in [2.45, 2.75) is 105 Å². The van der Waals surface area contributed by atoms with Crippen LogP contribution in [0, 0.1) is 13.8 Å². The van der Waals surface area contributed by atoms with Crippen LogP contribution in [-0.4, -0.2) is 28.9 Å². The molecule has 0 amide bonds. The molecule has 0 bridgehead atoms. The predicted octanol–water partition coefficient (Wildman–Crippen LogP) is 6.13. The summed E-state index contributed by atoms with van der Waals surface area (Å²) in [5, 5.41) is 10.8. The number of carbonyl (C=O) groups is 3. The van der Waals surface area contributed by atoms with Gasteiger partial charge in [-0.3, -0.25) is 9.59 Å². The van der Waals surface area contributed by atoms with Crippen molar-refractivity contribution in [2.75, 3.05) is 6.61 Å². The summed E-state index contributed by atoms with van der Waals surface area (Å²) in [6.07, 6.45) is 13.9. The molecule has 1 aromatic heterocycles. The summed E-state index contributed by atoms with van der Waals surface area (Å²) in [5.74, 6) is -1.45. The third-order valence-electron chi connectivity index (χ3n) is 7.01. The van der Waals surface area contributed by atoms with Crippen LogP contribution >= 0.6 is 0 Å². The van der Waals surface area contributed by atoms with E-state index in [2.05, 4.69) is 6.92 Å². The Labute approximate surface area is 228 Å². The van der Waals surface area contributed by atoms with E-state index in [4.69, 9.17) is 4.74 Å². The molecule has 2 aromatic rings. The topological polar surface area (TPSA) is 88.4 Å². The second-order valence-electron chi connectivity index (χ2n) is 10.00. The number of carboxylic acids is 1. The maximum atomic E-state index is 13.3. The number of hydrogen-bond donors (Lipinski definition) is 0. The van der Waals surface area contributed by atoms with Crippen LogP contribution < -0.4 is 5.11 Å². The number of carbonyl (C=O) groups excluding carboxylic acids is 3. The molecule has 208 valence electrons. The van der Waals surface area contributed by atoms with Crippen molar-refractivity contribution in [3.63, 3.8) is 0 Å². The van der Waals surface area contributed by atoms with Crippen molar-refractivity contribution < 1.29 is 24.2 Å². The molecule has 38 heavy (non-hydrogen) atoms. The van der Waals surface area contributed by atoms with Crippen LogP contribution in [0.3, 0.4) is 0 Å². The van der Waals surface area contributed by atoms with Gasteiger partial charge in [0.2, 0.25) is 0 Å². The molecular formula is C32H44NO5-. The van der Waals surface area contributed by atoms with Gasteiger partial charge in [0.05, 0.1) is 19.0 Å². The molecule has 0 atom stereocenters. The van der Waals surface area contributed by atoms with E-state index < -0.39 is 5.97 Å². The van der Waals surface area contributed by atoms with Crippen LogP contribution in [0.1, 0.15) is 116 Å². The van der Waals surface area contributed by atoms with E-state index in [0.29, 0.717) is 25.1 Å². The lowest BCUT2D eigenvalue weighted by Crippen LogP contribution is -2.18. The number of carboxylic acid groups (broad SMARTS) is 1. The lowest BCUT2D eigenvalue weighted by Gasteiger charge is -2.13. The van der Waals surface area contributed by atoms with Crippen LogP contribution in [0.25, 0.3) is 6.08 Å². The molecule has 6 heteroatoms. The molecule has 0 aliphatic heterocycles. The van der Waals surface area contributed by atoms with Crippen molar-refractivity contribution in [3.05, 3.63) is 64.0 Å². The van der Waals surface area contributed by atoms with Gasteiger partial charge in [0.1, 0.15) is 0 Å². The van der Waals surface area contributed by atoms with E-state index in [1.54, 1.807) is 6.92 Å². The average Bonchev–Trinajstić information content (AvgIpc) is 3.10. The standard InChI is InChI=1S/C32H45NO5/c1-5-7-8-9-10-11-12-13-14-18-29(34)32-24(3)28(22-31(37)38-6-2)33(25(32)4)23-27-17-15-16-26(21-27)19-20-30(35)36/h15-17,19-21H,5-14,18,22-23H2,1-4H3,(H,35,36)/p-1/b20-19+. The first kappa shape index (κ1) is 31.1.